The lowest BCUT2D eigenvalue weighted by Gasteiger charge is -2.28. The molecule has 0 bridgehead atoms. The van der Waals surface area contributed by atoms with Gasteiger partial charge < -0.3 is 4.98 Å². The second-order valence-electron chi connectivity index (χ2n) is 6.80. The van der Waals surface area contributed by atoms with Gasteiger partial charge in [0.15, 0.2) is 0 Å². The molecule has 0 aliphatic carbocycles. The van der Waals surface area contributed by atoms with Gasteiger partial charge in [0.1, 0.15) is 11.6 Å². The molecular formula is C18H19F4N3O. The average molecular weight is 369 g/mol. The Morgan fingerprint density at radius 2 is 2.04 bits per heavy atom. The van der Waals surface area contributed by atoms with E-state index in [1.807, 2.05) is 13.8 Å². The maximum atomic E-state index is 14.0. The zero-order valence-electron chi connectivity index (χ0n) is 14.5. The first kappa shape index (κ1) is 18.6. The molecular weight excluding hydrogens is 350 g/mol. The van der Waals surface area contributed by atoms with Crippen LogP contribution in [-0.4, -0.2) is 21.4 Å². The lowest BCUT2D eigenvalue weighted by Crippen LogP contribution is -2.36. The molecule has 4 nitrogen and oxygen atoms in total. The molecule has 0 fully saturated rings. The molecule has 2 heterocycles. The minimum atomic E-state index is -4.52. The molecule has 0 radical (unpaired) electrons. The van der Waals surface area contributed by atoms with Crippen molar-refractivity contribution in [1.29, 1.82) is 0 Å². The number of nitrogens with one attached hydrogen (secondary N) is 1. The van der Waals surface area contributed by atoms with Gasteiger partial charge in [0.25, 0.3) is 5.56 Å². The molecule has 0 spiro atoms. The van der Waals surface area contributed by atoms with Gasteiger partial charge in [-0.1, -0.05) is 13.8 Å². The summed E-state index contributed by atoms with van der Waals surface area (Å²) in [4.78, 5) is 21.3. The van der Waals surface area contributed by atoms with Crippen LogP contribution >= 0.6 is 0 Å². The first-order valence-electron chi connectivity index (χ1n) is 8.35. The third kappa shape index (κ3) is 3.80. The minimum Gasteiger partial charge on any atom is -0.310 e. The highest BCUT2D eigenvalue weighted by Crippen LogP contribution is 2.31. The topological polar surface area (TPSA) is 49.0 Å². The molecule has 1 aliphatic heterocycles. The van der Waals surface area contributed by atoms with Gasteiger partial charge in [-0.25, -0.2) is 9.37 Å². The molecule has 26 heavy (non-hydrogen) atoms. The number of aromatic nitrogens is 2. The Kier molecular flexibility index (Phi) is 4.88. The van der Waals surface area contributed by atoms with Gasteiger partial charge in [-0.05, 0) is 18.2 Å². The van der Waals surface area contributed by atoms with Crippen molar-refractivity contribution in [2.75, 3.05) is 6.54 Å². The summed E-state index contributed by atoms with van der Waals surface area (Å²) in [5.74, 6) is 0.0161. The Hall–Kier alpha value is -2.22. The number of fused-ring (bicyclic) bond motifs is 1. The van der Waals surface area contributed by atoms with Gasteiger partial charge >= 0.3 is 6.18 Å². The first-order chi connectivity index (χ1) is 12.1. The summed E-state index contributed by atoms with van der Waals surface area (Å²) in [7, 11) is 0. The normalized spacial score (nSPS) is 15.3. The maximum absolute atomic E-state index is 14.0. The molecule has 8 heteroatoms. The van der Waals surface area contributed by atoms with Crippen LogP contribution < -0.4 is 5.56 Å². The number of benzene rings is 1. The summed E-state index contributed by atoms with van der Waals surface area (Å²) in [5.41, 5.74) is 0.0398. The summed E-state index contributed by atoms with van der Waals surface area (Å²) < 4.78 is 52.5. The molecule has 2 aromatic rings. The number of halogens is 4. The number of hydrogen-bond donors (Lipinski definition) is 1. The molecule has 1 aromatic heterocycles. The van der Waals surface area contributed by atoms with Crippen molar-refractivity contribution in [2.24, 2.45) is 0 Å². The van der Waals surface area contributed by atoms with Crippen molar-refractivity contribution >= 4 is 0 Å². The van der Waals surface area contributed by atoms with Crippen LogP contribution in [0.4, 0.5) is 17.6 Å². The lowest BCUT2D eigenvalue weighted by molar-refractivity contribution is -0.137. The fourth-order valence-corrected chi connectivity index (χ4v) is 3.02. The minimum absolute atomic E-state index is 0.000561. The highest BCUT2D eigenvalue weighted by molar-refractivity contribution is 5.28. The molecule has 3 rings (SSSR count). The summed E-state index contributed by atoms with van der Waals surface area (Å²) in [6.45, 7) is 4.58. The smallest absolute Gasteiger partial charge is 0.310 e. The van der Waals surface area contributed by atoms with E-state index >= 15 is 0 Å². The van der Waals surface area contributed by atoms with Gasteiger partial charge in [0, 0.05) is 37.5 Å². The summed E-state index contributed by atoms with van der Waals surface area (Å²) in [5, 5.41) is 0. The molecule has 0 amide bonds. The zero-order valence-corrected chi connectivity index (χ0v) is 14.5. The predicted octanol–water partition coefficient (Wildman–Crippen LogP) is 3.61. The van der Waals surface area contributed by atoms with Crippen molar-refractivity contribution in [2.45, 2.75) is 45.5 Å². The molecule has 140 valence electrons. The number of rotatable bonds is 3. The summed E-state index contributed by atoms with van der Waals surface area (Å²) in [6, 6.07) is 2.39. The number of alkyl halides is 3. The van der Waals surface area contributed by atoms with Crippen LogP contribution in [0, 0.1) is 5.82 Å². The van der Waals surface area contributed by atoms with E-state index in [1.54, 1.807) is 4.90 Å². The summed E-state index contributed by atoms with van der Waals surface area (Å²) >= 11 is 0. The molecule has 0 saturated heterocycles. The highest BCUT2D eigenvalue weighted by atomic mass is 19.4. The van der Waals surface area contributed by atoms with Crippen LogP contribution in [-0.2, 0) is 25.7 Å². The maximum Gasteiger partial charge on any atom is 0.416 e. The molecule has 1 aromatic carbocycles. The van der Waals surface area contributed by atoms with E-state index in [0.29, 0.717) is 30.0 Å². The van der Waals surface area contributed by atoms with Crippen molar-refractivity contribution < 1.29 is 17.6 Å². The van der Waals surface area contributed by atoms with E-state index in [2.05, 4.69) is 9.97 Å². The van der Waals surface area contributed by atoms with E-state index < -0.39 is 17.6 Å². The van der Waals surface area contributed by atoms with Crippen LogP contribution in [0.1, 0.15) is 48.0 Å². The fraction of sp³-hybridized carbons (Fsp3) is 0.444. The number of aromatic amines is 1. The van der Waals surface area contributed by atoms with Crippen LogP contribution in [0.3, 0.4) is 0 Å². The lowest BCUT2D eigenvalue weighted by atomic mass is 10.0. The van der Waals surface area contributed by atoms with Crippen LogP contribution in [0.25, 0.3) is 0 Å². The largest absolute Gasteiger partial charge is 0.416 e. The Bertz CT molecular complexity index is 874. The second-order valence-corrected chi connectivity index (χ2v) is 6.80. The molecule has 0 saturated carbocycles. The third-order valence-electron chi connectivity index (χ3n) is 4.48. The molecule has 1 N–H and O–H groups in total. The number of hydrogen-bond acceptors (Lipinski definition) is 3. The van der Waals surface area contributed by atoms with Crippen LogP contribution in [0.15, 0.2) is 23.0 Å². The van der Waals surface area contributed by atoms with E-state index in [-0.39, 0.29) is 30.1 Å². The Morgan fingerprint density at radius 3 is 2.69 bits per heavy atom. The standard InChI is InChI=1S/C18H19F4N3O/c1-10(2)16-23-15-5-6-25(9-13(15)17(26)24-16)8-11-7-12(18(20,21)22)3-4-14(11)19/h3-4,7,10H,5-6,8-9H2,1-2H3,(H,23,24,26). The van der Waals surface area contributed by atoms with Crippen molar-refractivity contribution in [3.8, 4) is 0 Å². The van der Waals surface area contributed by atoms with Gasteiger partial charge in [0.2, 0.25) is 0 Å². The van der Waals surface area contributed by atoms with Gasteiger partial charge in [-0.3, -0.25) is 9.69 Å². The van der Waals surface area contributed by atoms with Crippen molar-refractivity contribution in [3.05, 3.63) is 62.6 Å². The number of H-pyrrole nitrogens is 1. The Balaban J connectivity index is 1.83. The van der Waals surface area contributed by atoms with E-state index in [0.717, 1.165) is 18.2 Å². The van der Waals surface area contributed by atoms with Crippen LogP contribution in [0.2, 0.25) is 0 Å². The first-order valence-corrected chi connectivity index (χ1v) is 8.35. The third-order valence-corrected chi connectivity index (χ3v) is 4.48. The van der Waals surface area contributed by atoms with Crippen molar-refractivity contribution in [1.82, 2.24) is 14.9 Å². The quantitative estimate of drug-likeness (QED) is 0.841. The summed E-state index contributed by atoms with van der Waals surface area (Å²) in [6.07, 6.45) is -4.02. The predicted molar refractivity (Wildman–Crippen MR) is 88.2 cm³/mol. The van der Waals surface area contributed by atoms with E-state index in [9.17, 15) is 22.4 Å². The monoisotopic (exact) mass is 369 g/mol. The number of nitrogens with zero attached hydrogens (tertiary/aromatic N) is 2. The van der Waals surface area contributed by atoms with Crippen LogP contribution in [0.5, 0.6) is 0 Å². The average Bonchev–Trinajstić information content (AvgIpc) is 2.56. The van der Waals surface area contributed by atoms with Crippen molar-refractivity contribution in [3.63, 3.8) is 0 Å². The zero-order chi connectivity index (χ0) is 19.1. The van der Waals surface area contributed by atoms with Gasteiger partial charge in [-0.15, -0.1) is 0 Å². The molecule has 0 atom stereocenters. The molecule has 1 aliphatic rings. The highest BCUT2D eigenvalue weighted by Gasteiger charge is 2.31. The molecule has 0 unspecified atom stereocenters. The Morgan fingerprint density at radius 1 is 1.31 bits per heavy atom. The van der Waals surface area contributed by atoms with Gasteiger partial charge in [-0.2, -0.15) is 13.2 Å². The SMILES string of the molecule is CC(C)c1nc2c(c(=O)[nH]1)CN(Cc1cc(C(F)(F)F)ccc1F)CC2. The fourth-order valence-electron chi connectivity index (χ4n) is 3.02. The van der Waals surface area contributed by atoms with Gasteiger partial charge in [0.05, 0.1) is 16.8 Å². The Labute approximate surface area is 147 Å². The van der Waals surface area contributed by atoms with E-state index in [1.165, 1.54) is 0 Å². The second kappa shape index (κ2) is 6.83. The van der Waals surface area contributed by atoms with E-state index in [4.69, 9.17) is 0 Å².